The molecular weight excluding hydrogens is 202 g/mol. The summed E-state index contributed by atoms with van der Waals surface area (Å²) in [7, 11) is 1.71. The van der Waals surface area contributed by atoms with Crippen molar-refractivity contribution in [1.82, 2.24) is 15.1 Å². The second-order valence-corrected chi connectivity index (χ2v) is 3.92. The Morgan fingerprint density at radius 3 is 3.12 bits per heavy atom. The molecular formula is C12H21N3O. The van der Waals surface area contributed by atoms with Crippen molar-refractivity contribution in [2.24, 2.45) is 0 Å². The van der Waals surface area contributed by atoms with Crippen LogP contribution in [0.3, 0.4) is 0 Å². The summed E-state index contributed by atoms with van der Waals surface area (Å²) in [5, 5.41) is 7.60. The number of methoxy groups -OCH3 is 1. The molecule has 0 bridgehead atoms. The summed E-state index contributed by atoms with van der Waals surface area (Å²) in [4.78, 5) is 0. The summed E-state index contributed by atoms with van der Waals surface area (Å²) in [6.07, 6.45) is 2.82. The first-order valence-corrected chi connectivity index (χ1v) is 5.58. The summed E-state index contributed by atoms with van der Waals surface area (Å²) >= 11 is 0. The molecule has 1 N–H and O–H groups in total. The van der Waals surface area contributed by atoms with Crippen LogP contribution in [0.5, 0.6) is 0 Å². The molecule has 1 aromatic rings. The Morgan fingerprint density at radius 1 is 1.62 bits per heavy atom. The van der Waals surface area contributed by atoms with Gasteiger partial charge in [-0.25, -0.2) is 0 Å². The predicted molar refractivity (Wildman–Crippen MR) is 65.2 cm³/mol. The summed E-state index contributed by atoms with van der Waals surface area (Å²) in [5.74, 6) is 0. The largest absolute Gasteiger partial charge is 0.383 e. The van der Waals surface area contributed by atoms with Crippen molar-refractivity contribution in [3.05, 3.63) is 30.1 Å². The number of aryl methyl sites for hydroxylation is 1. The van der Waals surface area contributed by atoms with Crippen LogP contribution in [0.4, 0.5) is 0 Å². The van der Waals surface area contributed by atoms with E-state index in [0.717, 1.165) is 32.7 Å². The van der Waals surface area contributed by atoms with Crippen LogP contribution in [0.25, 0.3) is 0 Å². The number of ether oxygens (including phenoxy) is 1. The van der Waals surface area contributed by atoms with E-state index in [0.29, 0.717) is 0 Å². The third-order valence-electron chi connectivity index (χ3n) is 2.34. The molecule has 0 saturated heterocycles. The highest BCUT2D eigenvalue weighted by atomic mass is 16.5. The zero-order valence-electron chi connectivity index (χ0n) is 10.2. The van der Waals surface area contributed by atoms with E-state index < -0.39 is 0 Å². The number of aromatic nitrogens is 2. The molecule has 0 unspecified atom stereocenters. The van der Waals surface area contributed by atoms with Gasteiger partial charge in [0.05, 0.1) is 12.3 Å². The number of hydrogen-bond acceptors (Lipinski definition) is 3. The van der Waals surface area contributed by atoms with Crippen molar-refractivity contribution in [2.45, 2.75) is 26.4 Å². The predicted octanol–water partition coefficient (Wildman–Crippen LogP) is 1.59. The molecule has 0 fully saturated rings. The molecule has 0 atom stereocenters. The standard InChI is InChI=1S/C12H21N3O/c1-11(2)5-8-15-12(4-6-14-15)10-13-7-9-16-3/h4,6,13H,1,5,7-10H2,2-3H3. The highest BCUT2D eigenvalue weighted by molar-refractivity contribution is 5.01. The second kappa shape index (κ2) is 7.19. The van der Waals surface area contributed by atoms with E-state index in [9.17, 15) is 0 Å². The fourth-order valence-corrected chi connectivity index (χ4v) is 1.40. The van der Waals surface area contributed by atoms with Crippen LogP contribution in [-0.2, 0) is 17.8 Å². The van der Waals surface area contributed by atoms with Crippen molar-refractivity contribution in [1.29, 1.82) is 0 Å². The molecule has 0 saturated carbocycles. The molecule has 16 heavy (non-hydrogen) atoms. The van der Waals surface area contributed by atoms with Crippen molar-refractivity contribution in [3.63, 3.8) is 0 Å². The Balaban J connectivity index is 2.35. The summed E-state index contributed by atoms with van der Waals surface area (Å²) in [5.41, 5.74) is 2.39. The number of hydrogen-bond donors (Lipinski definition) is 1. The van der Waals surface area contributed by atoms with Gasteiger partial charge in [-0.1, -0.05) is 5.57 Å². The maximum Gasteiger partial charge on any atom is 0.0587 e. The average Bonchev–Trinajstić information content (AvgIpc) is 2.69. The summed E-state index contributed by atoms with van der Waals surface area (Å²) in [6.45, 7) is 9.28. The van der Waals surface area contributed by atoms with Crippen molar-refractivity contribution < 1.29 is 4.74 Å². The Labute approximate surface area is 97.3 Å². The quantitative estimate of drug-likeness (QED) is 0.537. The van der Waals surface area contributed by atoms with Crippen LogP contribution in [0.1, 0.15) is 19.0 Å². The molecule has 0 aliphatic heterocycles. The molecule has 1 heterocycles. The van der Waals surface area contributed by atoms with Crippen LogP contribution < -0.4 is 5.32 Å². The van der Waals surface area contributed by atoms with Gasteiger partial charge in [0, 0.05) is 32.9 Å². The Bertz CT molecular complexity index is 320. The number of nitrogens with one attached hydrogen (secondary N) is 1. The van der Waals surface area contributed by atoms with Gasteiger partial charge in [0.25, 0.3) is 0 Å². The van der Waals surface area contributed by atoms with Crippen LogP contribution in [0.15, 0.2) is 24.4 Å². The Morgan fingerprint density at radius 2 is 2.44 bits per heavy atom. The van der Waals surface area contributed by atoms with Gasteiger partial charge in [-0.15, -0.1) is 6.58 Å². The molecule has 1 aromatic heterocycles. The normalized spacial score (nSPS) is 10.6. The van der Waals surface area contributed by atoms with E-state index in [1.165, 1.54) is 11.3 Å². The Hall–Kier alpha value is -1.13. The average molecular weight is 223 g/mol. The van der Waals surface area contributed by atoms with Crippen LogP contribution >= 0.6 is 0 Å². The smallest absolute Gasteiger partial charge is 0.0587 e. The van der Waals surface area contributed by atoms with Crippen molar-refractivity contribution >= 4 is 0 Å². The third-order valence-corrected chi connectivity index (χ3v) is 2.34. The van der Waals surface area contributed by atoms with Crippen molar-refractivity contribution in [2.75, 3.05) is 20.3 Å². The summed E-state index contributed by atoms with van der Waals surface area (Å²) < 4.78 is 7.00. The lowest BCUT2D eigenvalue weighted by Gasteiger charge is -2.08. The minimum absolute atomic E-state index is 0.736. The van der Waals surface area contributed by atoms with Gasteiger partial charge < -0.3 is 10.1 Å². The number of allylic oxidation sites excluding steroid dienone is 1. The molecule has 90 valence electrons. The first-order chi connectivity index (χ1) is 7.74. The van der Waals surface area contributed by atoms with Gasteiger partial charge in [-0.2, -0.15) is 5.10 Å². The molecule has 0 aliphatic carbocycles. The molecule has 1 rings (SSSR count). The van der Waals surface area contributed by atoms with Gasteiger partial charge in [0.1, 0.15) is 0 Å². The van der Waals surface area contributed by atoms with Gasteiger partial charge in [0.2, 0.25) is 0 Å². The van der Waals surface area contributed by atoms with Crippen LogP contribution in [-0.4, -0.2) is 30.0 Å². The first-order valence-electron chi connectivity index (χ1n) is 5.58. The van der Waals surface area contributed by atoms with E-state index in [1.807, 2.05) is 23.9 Å². The topological polar surface area (TPSA) is 39.1 Å². The maximum atomic E-state index is 4.97. The highest BCUT2D eigenvalue weighted by Gasteiger charge is 2.01. The molecule has 4 nitrogen and oxygen atoms in total. The Kier molecular flexibility index (Phi) is 5.82. The van der Waals surface area contributed by atoms with Gasteiger partial charge in [-0.3, -0.25) is 4.68 Å². The first kappa shape index (κ1) is 12.9. The highest BCUT2D eigenvalue weighted by Crippen LogP contribution is 2.03. The zero-order chi connectivity index (χ0) is 11.8. The number of rotatable bonds is 8. The lowest BCUT2D eigenvalue weighted by molar-refractivity contribution is 0.199. The van der Waals surface area contributed by atoms with E-state index in [4.69, 9.17) is 4.74 Å². The van der Waals surface area contributed by atoms with E-state index in [2.05, 4.69) is 17.0 Å². The molecule has 0 spiro atoms. The van der Waals surface area contributed by atoms with Gasteiger partial charge >= 0.3 is 0 Å². The molecule has 0 aliphatic rings. The molecule has 0 aromatic carbocycles. The maximum absolute atomic E-state index is 4.97. The minimum atomic E-state index is 0.736. The SMILES string of the molecule is C=C(C)CCn1nccc1CNCCOC. The van der Waals surface area contributed by atoms with E-state index >= 15 is 0 Å². The lowest BCUT2D eigenvalue weighted by atomic mass is 10.2. The molecule has 0 amide bonds. The van der Waals surface area contributed by atoms with Crippen LogP contribution in [0, 0.1) is 0 Å². The fourth-order valence-electron chi connectivity index (χ4n) is 1.40. The van der Waals surface area contributed by atoms with Gasteiger partial charge in [-0.05, 0) is 19.4 Å². The third kappa shape index (κ3) is 4.59. The van der Waals surface area contributed by atoms with E-state index in [-0.39, 0.29) is 0 Å². The second-order valence-electron chi connectivity index (χ2n) is 3.92. The summed E-state index contributed by atoms with van der Waals surface area (Å²) in [6, 6.07) is 2.04. The monoisotopic (exact) mass is 223 g/mol. The van der Waals surface area contributed by atoms with Crippen molar-refractivity contribution in [3.8, 4) is 0 Å². The zero-order valence-corrected chi connectivity index (χ0v) is 10.2. The number of nitrogens with zero attached hydrogens (tertiary/aromatic N) is 2. The van der Waals surface area contributed by atoms with E-state index in [1.54, 1.807) is 7.11 Å². The minimum Gasteiger partial charge on any atom is -0.383 e. The molecule has 0 radical (unpaired) electrons. The van der Waals surface area contributed by atoms with Gasteiger partial charge in [0.15, 0.2) is 0 Å². The van der Waals surface area contributed by atoms with Crippen LogP contribution in [0.2, 0.25) is 0 Å². The fraction of sp³-hybridized carbons (Fsp3) is 0.583. The molecule has 4 heteroatoms. The lowest BCUT2D eigenvalue weighted by Crippen LogP contribution is -2.20.